The molecule has 110 valence electrons. The van der Waals surface area contributed by atoms with Crippen molar-refractivity contribution >= 4 is 21.6 Å². The Balaban J connectivity index is 2.05. The number of halogens is 3. The van der Waals surface area contributed by atoms with Crippen LogP contribution in [-0.2, 0) is 13.1 Å². The second-order valence-corrected chi connectivity index (χ2v) is 5.20. The summed E-state index contributed by atoms with van der Waals surface area (Å²) in [4.78, 5) is 9.89. The molecule has 4 nitrogen and oxygen atoms in total. The molecule has 2 aromatic rings. The monoisotopic (exact) mass is 356 g/mol. The first-order chi connectivity index (χ1) is 9.99. The fourth-order valence-corrected chi connectivity index (χ4v) is 2.24. The summed E-state index contributed by atoms with van der Waals surface area (Å²) in [7, 11) is 0. The van der Waals surface area contributed by atoms with E-state index in [1.807, 2.05) is 0 Å². The van der Waals surface area contributed by atoms with Crippen LogP contribution < -0.4 is 5.32 Å². The molecule has 0 heterocycles. The average Bonchev–Trinajstić information content (AvgIpc) is 2.44. The maximum absolute atomic E-state index is 13.8. The topological polar surface area (TPSA) is 55.2 Å². The Morgan fingerprint density at radius 2 is 1.86 bits per heavy atom. The third kappa shape index (κ3) is 3.83. The number of nitro groups is 1. The summed E-state index contributed by atoms with van der Waals surface area (Å²) in [5, 5.41) is 13.6. The lowest BCUT2D eigenvalue weighted by atomic mass is 10.1. The maximum Gasteiger partial charge on any atom is 0.305 e. The Morgan fingerprint density at radius 3 is 2.57 bits per heavy atom. The first kappa shape index (κ1) is 15.5. The molecule has 2 rings (SSSR count). The highest BCUT2D eigenvalue weighted by molar-refractivity contribution is 9.10. The van der Waals surface area contributed by atoms with Gasteiger partial charge in [-0.15, -0.1) is 0 Å². The summed E-state index contributed by atoms with van der Waals surface area (Å²) in [5.41, 5.74) is 0.318. The van der Waals surface area contributed by atoms with Gasteiger partial charge in [-0.05, 0) is 23.8 Å². The highest BCUT2D eigenvalue weighted by atomic mass is 79.9. The van der Waals surface area contributed by atoms with Crippen LogP contribution in [0.2, 0.25) is 0 Å². The molecular formula is C14H11BrF2N2O2. The molecule has 0 saturated carbocycles. The molecule has 0 aliphatic carbocycles. The molecular weight excluding hydrogens is 346 g/mol. The third-order valence-electron chi connectivity index (χ3n) is 2.89. The van der Waals surface area contributed by atoms with Crippen molar-refractivity contribution in [3.8, 4) is 0 Å². The van der Waals surface area contributed by atoms with Crippen molar-refractivity contribution in [1.29, 1.82) is 0 Å². The molecule has 0 aliphatic rings. The Labute approximate surface area is 128 Å². The second kappa shape index (κ2) is 6.73. The smallest absolute Gasteiger partial charge is 0.305 e. The van der Waals surface area contributed by atoms with Crippen LogP contribution in [-0.4, -0.2) is 4.92 Å². The molecule has 0 bridgehead atoms. The number of nitrogens with zero attached hydrogens (tertiary/aromatic N) is 1. The van der Waals surface area contributed by atoms with Gasteiger partial charge in [-0.2, -0.15) is 4.39 Å². The maximum atomic E-state index is 13.8. The lowest BCUT2D eigenvalue weighted by Gasteiger charge is -2.08. The third-order valence-corrected chi connectivity index (χ3v) is 3.67. The quantitative estimate of drug-likeness (QED) is 0.652. The summed E-state index contributed by atoms with van der Waals surface area (Å²) in [6, 6.07) is 8.28. The molecule has 21 heavy (non-hydrogen) atoms. The van der Waals surface area contributed by atoms with Crippen molar-refractivity contribution in [3.63, 3.8) is 0 Å². The molecule has 0 fully saturated rings. The van der Waals surface area contributed by atoms with Crippen LogP contribution >= 0.6 is 15.9 Å². The van der Waals surface area contributed by atoms with E-state index in [9.17, 15) is 18.9 Å². The van der Waals surface area contributed by atoms with Crippen LogP contribution in [0.15, 0.2) is 40.9 Å². The van der Waals surface area contributed by atoms with Gasteiger partial charge in [0.05, 0.1) is 4.92 Å². The van der Waals surface area contributed by atoms with E-state index >= 15 is 0 Å². The standard InChI is InChI=1S/C14H11BrF2N2O2/c15-12-5-4-11(16)6-10(12)8-18-7-9-2-1-3-13(14(9)17)19(20)21/h1-6,18H,7-8H2. The molecule has 0 radical (unpaired) electrons. The van der Waals surface area contributed by atoms with Crippen LogP contribution in [0.3, 0.4) is 0 Å². The molecule has 0 saturated heterocycles. The molecule has 1 N–H and O–H groups in total. The van der Waals surface area contributed by atoms with Crippen LogP contribution in [0.5, 0.6) is 0 Å². The van der Waals surface area contributed by atoms with Gasteiger partial charge in [0.2, 0.25) is 5.82 Å². The van der Waals surface area contributed by atoms with Gasteiger partial charge in [0.1, 0.15) is 5.82 Å². The normalized spacial score (nSPS) is 10.6. The van der Waals surface area contributed by atoms with E-state index in [0.717, 1.165) is 10.5 Å². The SMILES string of the molecule is O=[N+]([O-])c1cccc(CNCc2cc(F)ccc2Br)c1F. The molecule has 0 atom stereocenters. The van der Waals surface area contributed by atoms with Crippen molar-refractivity contribution in [2.75, 3.05) is 0 Å². The predicted molar refractivity (Wildman–Crippen MR) is 77.7 cm³/mol. The van der Waals surface area contributed by atoms with E-state index in [4.69, 9.17) is 0 Å². The van der Waals surface area contributed by atoms with Crippen molar-refractivity contribution in [1.82, 2.24) is 5.32 Å². The minimum absolute atomic E-state index is 0.108. The lowest BCUT2D eigenvalue weighted by molar-refractivity contribution is -0.387. The van der Waals surface area contributed by atoms with Crippen LogP contribution in [0.25, 0.3) is 0 Å². The second-order valence-electron chi connectivity index (χ2n) is 4.35. The predicted octanol–water partition coefficient (Wildman–Crippen LogP) is 3.93. The number of hydrogen-bond acceptors (Lipinski definition) is 3. The zero-order chi connectivity index (χ0) is 15.4. The number of hydrogen-bond donors (Lipinski definition) is 1. The van der Waals surface area contributed by atoms with E-state index in [2.05, 4.69) is 21.2 Å². The van der Waals surface area contributed by atoms with E-state index in [1.54, 1.807) is 6.07 Å². The van der Waals surface area contributed by atoms with Gasteiger partial charge < -0.3 is 5.32 Å². The van der Waals surface area contributed by atoms with Crippen molar-refractivity contribution in [2.24, 2.45) is 0 Å². The van der Waals surface area contributed by atoms with E-state index in [1.165, 1.54) is 24.3 Å². The molecule has 0 spiro atoms. The van der Waals surface area contributed by atoms with Gasteiger partial charge in [-0.25, -0.2) is 4.39 Å². The Kier molecular flexibility index (Phi) is 4.98. The zero-order valence-corrected chi connectivity index (χ0v) is 12.4. The lowest BCUT2D eigenvalue weighted by Crippen LogP contribution is -2.14. The fourth-order valence-electron chi connectivity index (χ4n) is 1.85. The number of rotatable bonds is 5. The highest BCUT2D eigenvalue weighted by Crippen LogP contribution is 2.21. The van der Waals surface area contributed by atoms with Crippen molar-refractivity contribution in [3.05, 3.63) is 73.7 Å². The van der Waals surface area contributed by atoms with Crippen LogP contribution in [0.1, 0.15) is 11.1 Å². The Hall–Kier alpha value is -1.86. The molecule has 7 heteroatoms. The number of nitro benzene ring substituents is 1. The van der Waals surface area contributed by atoms with Gasteiger partial charge in [0, 0.05) is 29.2 Å². The largest absolute Gasteiger partial charge is 0.308 e. The van der Waals surface area contributed by atoms with Gasteiger partial charge in [0.15, 0.2) is 0 Å². The number of benzene rings is 2. The molecule has 0 aromatic heterocycles. The summed E-state index contributed by atoms with van der Waals surface area (Å²) >= 11 is 3.29. The summed E-state index contributed by atoms with van der Waals surface area (Å²) in [5.74, 6) is -1.22. The van der Waals surface area contributed by atoms with Gasteiger partial charge in [0.25, 0.3) is 0 Å². The van der Waals surface area contributed by atoms with Gasteiger partial charge in [-0.1, -0.05) is 28.1 Å². The first-order valence-corrected chi connectivity index (χ1v) is 6.84. The summed E-state index contributed by atoms with van der Waals surface area (Å²) in [6.07, 6.45) is 0. The van der Waals surface area contributed by atoms with E-state index in [0.29, 0.717) is 12.1 Å². The van der Waals surface area contributed by atoms with Crippen LogP contribution in [0, 0.1) is 21.7 Å². The average molecular weight is 357 g/mol. The van der Waals surface area contributed by atoms with Crippen molar-refractivity contribution in [2.45, 2.75) is 13.1 Å². The van der Waals surface area contributed by atoms with Crippen LogP contribution in [0.4, 0.5) is 14.5 Å². The van der Waals surface area contributed by atoms with Crippen molar-refractivity contribution < 1.29 is 13.7 Å². The fraction of sp³-hybridized carbons (Fsp3) is 0.143. The van der Waals surface area contributed by atoms with Gasteiger partial charge >= 0.3 is 5.69 Å². The highest BCUT2D eigenvalue weighted by Gasteiger charge is 2.16. The molecule has 2 aromatic carbocycles. The van der Waals surface area contributed by atoms with Gasteiger partial charge in [-0.3, -0.25) is 10.1 Å². The first-order valence-electron chi connectivity index (χ1n) is 6.05. The number of nitrogens with one attached hydrogen (secondary N) is 1. The minimum atomic E-state index is -0.853. The summed E-state index contributed by atoms with van der Waals surface area (Å²) < 4.78 is 27.7. The summed E-state index contributed by atoms with van der Waals surface area (Å²) in [6.45, 7) is 0.414. The molecule has 0 aliphatic heterocycles. The van der Waals surface area contributed by atoms with E-state index < -0.39 is 16.4 Å². The minimum Gasteiger partial charge on any atom is -0.308 e. The molecule has 0 unspecified atom stereocenters. The Morgan fingerprint density at radius 1 is 1.14 bits per heavy atom. The molecule has 0 amide bonds. The Bertz CT molecular complexity index is 680. The van der Waals surface area contributed by atoms with E-state index in [-0.39, 0.29) is 17.9 Å². The zero-order valence-electron chi connectivity index (χ0n) is 10.8.